The number of thiocarbonyl (C=S) groups is 1. The van der Waals surface area contributed by atoms with Crippen molar-refractivity contribution in [1.29, 1.82) is 0 Å². The molecule has 1 fully saturated rings. The Bertz CT molecular complexity index is 1070. The van der Waals surface area contributed by atoms with Crippen LogP contribution in [0.2, 0.25) is 5.02 Å². The Hall–Kier alpha value is -2.54. The number of carboxylic acid groups (broad SMARTS) is 1. The van der Waals surface area contributed by atoms with Crippen LogP contribution in [-0.4, -0.2) is 32.0 Å². The van der Waals surface area contributed by atoms with Gasteiger partial charge in [0.05, 0.1) is 5.41 Å². The first-order valence-electron chi connectivity index (χ1n) is 9.79. The smallest absolute Gasteiger partial charge is 0.321 e. The van der Waals surface area contributed by atoms with E-state index in [9.17, 15) is 9.90 Å². The molecule has 5 nitrogen and oxygen atoms in total. The molecule has 0 bridgehead atoms. The maximum absolute atomic E-state index is 11.7. The molecule has 0 aliphatic heterocycles. The van der Waals surface area contributed by atoms with Crippen molar-refractivity contribution in [2.45, 2.75) is 37.3 Å². The topological polar surface area (TPSA) is 78.0 Å². The Labute approximate surface area is 185 Å². The van der Waals surface area contributed by atoms with E-state index < -0.39 is 12.0 Å². The van der Waals surface area contributed by atoms with E-state index in [0.29, 0.717) is 19.4 Å². The number of halogens is 1. The monoisotopic (exact) mass is 439 g/mol. The van der Waals surface area contributed by atoms with Crippen LogP contribution < -0.4 is 5.32 Å². The number of hydrogen-bond acceptors (Lipinski definition) is 4. The van der Waals surface area contributed by atoms with Crippen molar-refractivity contribution >= 4 is 34.7 Å². The summed E-state index contributed by atoms with van der Waals surface area (Å²) in [6.45, 7) is 0.381. The van der Waals surface area contributed by atoms with Crippen molar-refractivity contribution in [3.63, 3.8) is 0 Å². The minimum Gasteiger partial charge on any atom is -0.480 e. The zero-order valence-corrected chi connectivity index (χ0v) is 17.8. The number of nitrogens with zero attached hydrogens (tertiary/aromatic N) is 1. The van der Waals surface area contributed by atoms with Crippen LogP contribution in [0, 0.1) is 0 Å². The number of aliphatic carboxylic acids is 1. The highest BCUT2D eigenvalue weighted by atomic mass is 35.5. The van der Waals surface area contributed by atoms with Gasteiger partial charge in [0.2, 0.25) is 0 Å². The zero-order valence-electron chi connectivity index (χ0n) is 16.3. The number of hydrogen-bond donors (Lipinski definition) is 3. The van der Waals surface area contributed by atoms with E-state index in [1.807, 2.05) is 54.6 Å². The van der Waals surface area contributed by atoms with Crippen molar-refractivity contribution in [2.75, 3.05) is 0 Å². The number of benzene rings is 2. The summed E-state index contributed by atoms with van der Waals surface area (Å²) in [5.41, 5.74) is 2.56. The van der Waals surface area contributed by atoms with Crippen LogP contribution in [0.5, 0.6) is 0 Å². The van der Waals surface area contributed by atoms with Crippen LogP contribution in [-0.2, 0) is 29.6 Å². The van der Waals surface area contributed by atoms with Gasteiger partial charge in [-0.15, -0.1) is 0 Å². The van der Waals surface area contributed by atoms with Crippen LogP contribution in [0.25, 0.3) is 0 Å². The molecule has 1 saturated carbocycles. The van der Waals surface area contributed by atoms with Gasteiger partial charge < -0.3 is 10.1 Å². The largest absolute Gasteiger partial charge is 0.480 e. The number of aromatic nitrogens is 2. The van der Waals surface area contributed by atoms with E-state index >= 15 is 0 Å². The highest BCUT2D eigenvalue weighted by Crippen LogP contribution is 2.47. The molecule has 0 amide bonds. The van der Waals surface area contributed by atoms with Crippen molar-refractivity contribution in [1.82, 2.24) is 15.3 Å². The van der Waals surface area contributed by atoms with Gasteiger partial charge in [-0.2, -0.15) is 0 Å². The average Bonchev–Trinajstić information content (AvgIpc) is 3.15. The molecule has 1 aliphatic carbocycles. The van der Waals surface area contributed by atoms with Crippen LogP contribution in [0.4, 0.5) is 0 Å². The first-order chi connectivity index (χ1) is 14.5. The van der Waals surface area contributed by atoms with Gasteiger partial charge in [0, 0.05) is 28.3 Å². The highest BCUT2D eigenvalue weighted by Gasteiger charge is 2.53. The number of H-pyrrole nitrogens is 1. The van der Waals surface area contributed by atoms with E-state index in [-0.39, 0.29) is 5.41 Å². The molecule has 3 N–H and O–H groups in total. The molecule has 1 aromatic heterocycles. The fourth-order valence-corrected chi connectivity index (χ4v) is 4.30. The highest BCUT2D eigenvalue weighted by molar-refractivity contribution is 7.81. The number of carboxylic acids is 1. The summed E-state index contributed by atoms with van der Waals surface area (Å²) in [5, 5.41) is 13.4. The fourth-order valence-electron chi connectivity index (χ4n) is 3.68. The number of nitrogens with one attached hydrogen (secondary N) is 2. The molecule has 2 aromatic carbocycles. The minimum absolute atomic E-state index is 0.297. The van der Waals surface area contributed by atoms with Gasteiger partial charge in [-0.1, -0.05) is 72.3 Å². The van der Waals surface area contributed by atoms with Gasteiger partial charge >= 0.3 is 5.97 Å². The Balaban J connectivity index is 1.44. The van der Waals surface area contributed by atoms with Crippen LogP contribution in [0.1, 0.15) is 29.1 Å². The second-order valence-corrected chi connectivity index (χ2v) is 8.57. The zero-order chi connectivity index (χ0) is 21.1. The molecule has 0 spiro atoms. The maximum Gasteiger partial charge on any atom is 0.321 e. The number of carbonyl (C=O) groups is 1. The summed E-state index contributed by atoms with van der Waals surface area (Å²) in [5.74, 6) is -0.0590. The summed E-state index contributed by atoms with van der Waals surface area (Å²) in [4.78, 5) is 20.5. The molecular formula is C23H22ClN3O2S. The maximum atomic E-state index is 11.7. The van der Waals surface area contributed by atoms with Gasteiger partial charge in [0.1, 0.15) is 11.9 Å². The number of imidazole rings is 1. The molecule has 4 rings (SSSR count). The Morgan fingerprint density at radius 2 is 1.93 bits per heavy atom. The standard InChI is InChI=1S/C23H22ClN3O2S/c24-18-9-5-4-8-16(18)11-23(12-20(23)30)22-26-14-17(27-22)13-25-19(21(28)29)10-15-6-2-1-3-7-15/h1-9,14,19,25H,10-13H2,(H,26,27)(H,28,29)/t19-,23?/m0/s1. The summed E-state index contributed by atoms with van der Waals surface area (Å²) < 4.78 is 0. The predicted molar refractivity (Wildman–Crippen MR) is 121 cm³/mol. The lowest BCUT2D eigenvalue weighted by Crippen LogP contribution is -2.38. The van der Waals surface area contributed by atoms with Crippen LogP contribution >= 0.6 is 23.8 Å². The lowest BCUT2D eigenvalue weighted by atomic mass is 9.95. The van der Waals surface area contributed by atoms with E-state index in [4.69, 9.17) is 23.8 Å². The van der Waals surface area contributed by atoms with Crippen molar-refractivity contribution in [2.24, 2.45) is 0 Å². The fraction of sp³-hybridized carbons (Fsp3) is 0.261. The SMILES string of the molecule is O=C(O)[C@H](Cc1ccccc1)NCc1cnc(C2(Cc3ccccc3Cl)CC2=S)[nH]1. The summed E-state index contributed by atoms with van der Waals surface area (Å²) in [7, 11) is 0. The Kier molecular flexibility index (Phi) is 5.99. The third-order valence-electron chi connectivity index (χ3n) is 5.52. The van der Waals surface area contributed by atoms with Crippen molar-refractivity contribution in [3.8, 4) is 0 Å². The van der Waals surface area contributed by atoms with Gasteiger partial charge in [0.25, 0.3) is 0 Å². The predicted octanol–water partition coefficient (Wildman–Crippen LogP) is 4.10. The van der Waals surface area contributed by atoms with Gasteiger partial charge in [-0.25, -0.2) is 4.98 Å². The van der Waals surface area contributed by atoms with Crippen molar-refractivity contribution < 1.29 is 9.90 Å². The molecule has 30 heavy (non-hydrogen) atoms. The lowest BCUT2D eigenvalue weighted by Gasteiger charge is -2.14. The third kappa shape index (κ3) is 4.46. The molecule has 1 aliphatic rings. The lowest BCUT2D eigenvalue weighted by molar-refractivity contribution is -0.139. The van der Waals surface area contributed by atoms with E-state index in [0.717, 1.165) is 39.0 Å². The first-order valence-corrected chi connectivity index (χ1v) is 10.6. The van der Waals surface area contributed by atoms with Crippen molar-refractivity contribution in [3.05, 3.63) is 88.5 Å². The number of rotatable bonds is 9. The normalized spacial score (nSPS) is 18.9. The molecular weight excluding hydrogens is 418 g/mol. The molecule has 0 radical (unpaired) electrons. The first kappa shape index (κ1) is 20.7. The summed E-state index contributed by atoms with van der Waals surface area (Å²) >= 11 is 11.9. The summed E-state index contributed by atoms with van der Waals surface area (Å²) in [6.07, 6.45) is 3.66. The quantitative estimate of drug-likeness (QED) is 0.437. The Morgan fingerprint density at radius 3 is 2.60 bits per heavy atom. The van der Waals surface area contributed by atoms with E-state index in [1.54, 1.807) is 6.20 Å². The molecule has 0 saturated heterocycles. The van der Waals surface area contributed by atoms with Gasteiger partial charge in [-0.3, -0.25) is 10.1 Å². The molecule has 3 aromatic rings. The molecule has 1 heterocycles. The second-order valence-electron chi connectivity index (χ2n) is 7.67. The average molecular weight is 440 g/mol. The molecule has 154 valence electrons. The third-order valence-corrected chi connectivity index (χ3v) is 6.43. The molecule has 2 atom stereocenters. The number of aromatic amines is 1. The minimum atomic E-state index is -0.878. The van der Waals surface area contributed by atoms with E-state index in [1.165, 1.54) is 0 Å². The molecule has 7 heteroatoms. The van der Waals surface area contributed by atoms with E-state index in [2.05, 4.69) is 15.3 Å². The van der Waals surface area contributed by atoms with Gasteiger partial charge in [-0.05, 0) is 36.5 Å². The van der Waals surface area contributed by atoms with Gasteiger partial charge in [0.15, 0.2) is 0 Å². The Morgan fingerprint density at radius 1 is 1.23 bits per heavy atom. The second kappa shape index (κ2) is 8.68. The summed E-state index contributed by atoms with van der Waals surface area (Å²) in [6, 6.07) is 16.7. The molecule has 1 unspecified atom stereocenters. The van der Waals surface area contributed by atoms with Crippen LogP contribution in [0.3, 0.4) is 0 Å². The van der Waals surface area contributed by atoms with Crippen LogP contribution in [0.15, 0.2) is 60.8 Å².